The normalized spacial score (nSPS) is 10.8. The van der Waals surface area contributed by atoms with Crippen LogP contribution < -0.4 is 0 Å². The number of carbonyl (C=O) groups is 1. The van der Waals surface area contributed by atoms with Crippen LogP contribution in [0.2, 0.25) is 0 Å². The molecular weight excluding hydrogens is 232 g/mol. The molecule has 1 aromatic rings. The van der Waals surface area contributed by atoms with Crippen LogP contribution in [-0.2, 0) is 11.2 Å². The summed E-state index contributed by atoms with van der Waals surface area (Å²) in [7, 11) is 0. The molecule has 5 heteroatoms. The van der Waals surface area contributed by atoms with Crippen LogP contribution in [0.3, 0.4) is 0 Å². The maximum absolute atomic E-state index is 11.9. The van der Waals surface area contributed by atoms with Crippen LogP contribution in [0, 0.1) is 26.9 Å². The van der Waals surface area contributed by atoms with Crippen molar-refractivity contribution in [2.45, 2.75) is 27.2 Å². The van der Waals surface area contributed by atoms with Crippen molar-refractivity contribution in [3.8, 4) is 6.07 Å². The summed E-state index contributed by atoms with van der Waals surface area (Å²) in [5.74, 6) is -0.00662. The molecule has 0 aromatic heterocycles. The molecule has 0 unspecified atom stereocenters. The van der Waals surface area contributed by atoms with Crippen molar-refractivity contribution in [2.75, 3.05) is 0 Å². The molecule has 0 aliphatic heterocycles. The summed E-state index contributed by atoms with van der Waals surface area (Å²) in [5.41, 5.74) is 0.0810. The van der Waals surface area contributed by atoms with Crippen molar-refractivity contribution in [2.24, 2.45) is 5.41 Å². The monoisotopic (exact) mass is 246 g/mol. The predicted octanol–water partition coefficient (Wildman–Crippen LogP) is 2.62. The van der Waals surface area contributed by atoms with E-state index in [2.05, 4.69) is 0 Å². The fourth-order valence-electron chi connectivity index (χ4n) is 1.37. The summed E-state index contributed by atoms with van der Waals surface area (Å²) in [5, 5.41) is 19.5. The van der Waals surface area contributed by atoms with Gasteiger partial charge in [-0.2, -0.15) is 5.26 Å². The van der Waals surface area contributed by atoms with Gasteiger partial charge >= 0.3 is 0 Å². The Hall–Kier alpha value is -2.22. The van der Waals surface area contributed by atoms with Crippen molar-refractivity contribution in [1.82, 2.24) is 0 Å². The number of nitrogens with zero attached hydrogens (tertiary/aromatic N) is 2. The van der Waals surface area contributed by atoms with Gasteiger partial charge in [0.15, 0.2) is 0 Å². The average molecular weight is 246 g/mol. The Bertz CT molecular complexity index is 536. The molecule has 0 amide bonds. The number of rotatable bonds is 3. The van der Waals surface area contributed by atoms with E-state index in [0.29, 0.717) is 5.56 Å². The second kappa shape index (κ2) is 4.96. The van der Waals surface area contributed by atoms with Gasteiger partial charge in [0.1, 0.15) is 5.78 Å². The quantitative estimate of drug-likeness (QED) is 0.606. The summed E-state index contributed by atoms with van der Waals surface area (Å²) in [4.78, 5) is 21.9. The molecule has 0 N–H and O–H groups in total. The predicted molar refractivity (Wildman–Crippen MR) is 66.0 cm³/mol. The Morgan fingerprint density at radius 2 is 2.06 bits per heavy atom. The molecule has 0 bridgehead atoms. The van der Waals surface area contributed by atoms with Crippen LogP contribution in [0.25, 0.3) is 0 Å². The molecule has 0 saturated carbocycles. The number of ketones is 1. The number of hydrogen-bond donors (Lipinski definition) is 0. The number of Topliss-reactive ketones (excluding diaryl/α,β-unsaturated/α-hetero) is 1. The summed E-state index contributed by atoms with van der Waals surface area (Å²) in [6, 6.07) is 5.87. The number of hydrogen-bond acceptors (Lipinski definition) is 4. The summed E-state index contributed by atoms with van der Waals surface area (Å²) >= 11 is 0. The number of nitriles is 1. The van der Waals surface area contributed by atoms with Gasteiger partial charge in [-0.3, -0.25) is 14.9 Å². The van der Waals surface area contributed by atoms with Gasteiger partial charge in [-0.1, -0.05) is 26.8 Å². The highest BCUT2D eigenvalue weighted by Crippen LogP contribution is 2.22. The summed E-state index contributed by atoms with van der Waals surface area (Å²) in [6.07, 6.45) is 0.115. The first-order valence-corrected chi connectivity index (χ1v) is 5.46. The Kier molecular flexibility index (Phi) is 3.82. The second-order valence-corrected chi connectivity index (χ2v) is 5.06. The van der Waals surface area contributed by atoms with E-state index in [0.717, 1.165) is 0 Å². The maximum Gasteiger partial charge on any atom is 0.270 e. The number of nitro benzene ring substituents is 1. The number of carbonyl (C=O) groups excluding carboxylic acids is 1. The average Bonchev–Trinajstić information content (AvgIpc) is 2.27. The third kappa shape index (κ3) is 3.14. The zero-order chi connectivity index (χ0) is 13.9. The molecular formula is C13H14N2O3. The lowest BCUT2D eigenvalue weighted by atomic mass is 9.86. The van der Waals surface area contributed by atoms with Crippen LogP contribution in [0.1, 0.15) is 31.9 Å². The fourth-order valence-corrected chi connectivity index (χ4v) is 1.37. The minimum Gasteiger partial charge on any atom is -0.299 e. The van der Waals surface area contributed by atoms with E-state index in [4.69, 9.17) is 5.26 Å². The standard InChI is InChI=1S/C13H14N2O3/c1-13(2,3)12(16)7-9-4-5-11(15(17)18)6-10(9)8-14/h4-6H,7H2,1-3H3. The van der Waals surface area contributed by atoms with E-state index in [-0.39, 0.29) is 23.5 Å². The highest BCUT2D eigenvalue weighted by molar-refractivity contribution is 5.86. The molecule has 0 heterocycles. The van der Waals surface area contributed by atoms with Gasteiger partial charge < -0.3 is 0 Å². The highest BCUT2D eigenvalue weighted by Gasteiger charge is 2.22. The van der Waals surface area contributed by atoms with E-state index >= 15 is 0 Å². The van der Waals surface area contributed by atoms with Crippen LogP contribution in [0.15, 0.2) is 18.2 Å². The van der Waals surface area contributed by atoms with E-state index in [9.17, 15) is 14.9 Å². The Morgan fingerprint density at radius 3 is 2.50 bits per heavy atom. The van der Waals surface area contributed by atoms with Gasteiger partial charge in [0.05, 0.1) is 16.6 Å². The molecule has 1 rings (SSSR count). The maximum atomic E-state index is 11.9. The van der Waals surface area contributed by atoms with E-state index in [1.54, 1.807) is 20.8 Å². The molecule has 0 radical (unpaired) electrons. The minimum atomic E-state index is -0.559. The van der Waals surface area contributed by atoms with Crippen LogP contribution in [-0.4, -0.2) is 10.7 Å². The zero-order valence-corrected chi connectivity index (χ0v) is 10.6. The van der Waals surface area contributed by atoms with Gasteiger partial charge in [0.25, 0.3) is 5.69 Å². The molecule has 0 spiro atoms. The van der Waals surface area contributed by atoms with Crippen molar-refractivity contribution in [3.05, 3.63) is 39.4 Å². The summed E-state index contributed by atoms with van der Waals surface area (Å²) in [6.45, 7) is 5.40. The SMILES string of the molecule is CC(C)(C)C(=O)Cc1ccc([N+](=O)[O-])cc1C#N. The van der Waals surface area contributed by atoms with Crippen molar-refractivity contribution >= 4 is 11.5 Å². The first-order valence-electron chi connectivity index (χ1n) is 5.46. The Morgan fingerprint density at radius 1 is 1.44 bits per heavy atom. The number of benzene rings is 1. The first-order chi connectivity index (χ1) is 8.25. The van der Waals surface area contributed by atoms with Crippen molar-refractivity contribution in [3.63, 3.8) is 0 Å². The first kappa shape index (κ1) is 13.8. The second-order valence-electron chi connectivity index (χ2n) is 5.06. The third-order valence-electron chi connectivity index (χ3n) is 2.61. The van der Waals surface area contributed by atoms with E-state index in [1.165, 1.54) is 18.2 Å². The van der Waals surface area contributed by atoms with Crippen LogP contribution >= 0.6 is 0 Å². The highest BCUT2D eigenvalue weighted by atomic mass is 16.6. The Balaban J connectivity index is 3.09. The lowest BCUT2D eigenvalue weighted by Gasteiger charge is -2.16. The molecule has 94 valence electrons. The van der Waals surface area contributed by atoms with Gasteiger partial charge in [-0.25, -0.2) is 0 Å². The molecule has 5 nitrogen and oxygen atoms in total. The number of nitro groups is 1. The van der Waals surface area contributed by atoms with Gasteiger partial charge in [-0.05, 0) is 5.56 Å². The van der Waals surface area contributed by atoms with Crippen molar-refractivity contribution in [1.29, 1.82) is 5.26 Å². The lowest BCUT2D eigenvalue weighted by Crippen LogP contribution is -2.22. The molecule has 0 saturated heterocycles. The van der Waals surface area contributed by atoms with Gasteiger partial charge in [0, 0.05) is 24.0 Å². The minimum absolute atomic E-state index is 0.00662. The zero-order valence-electron chi connectivity index (χ0n) is 10.6. The molecule has 1 aromatic carbocycles. The molecule has 0 fully saturated rings. The van der Waals surface area contributed by atoms with Crippen LogP contribution in [0.4, 0.5) is 5.69 Å². The molecule has 0 aliphatic rings. The molecule has 0 atom stereocenters. The van der Waals surface area contributed by atoms with Gasteiger partial charge in [0.2, 0.25) is 0 Å². The van der Waals surface area contributed by atoms with Gasteiger partial charge in [-0.15, -0.1) is 0 Å². The fraction of sp³-hybridized carbons (Fsp3) is 0.385. The lowest BCUT2D eigenvalue weighted by molar-refractivity contribution is -0.384. The van der Waals surface area contributed by atoms with E-state index < -0.39 is 10.3 Å². The summed E-state index contributed by atoms with van der Waals surface area (Å²) < 4.78 is 0. The molecule has 0 aliphatic carbocycles. The number of non-ortho nitro benzene ring substituents is 1. The smallest absolute Gasteiger partial charge is 0.270 e. The van der Waals surface area contributed by atoms with E-state index in [1.807, 2.05) is 6.07 Å². The Labute approximate surface area is 105 Å². The topological polar surface area (TPSA) is 84.0 Å². The van der Waals surface area contributed by atoms with Crippen LogP contribution in [0.5, 0.6) is 0 Å². The van der Waals surface area contributed by atoms with Crippen molar-refractivity contribution < 1.29 is 9.72 Å². The largest absolute Gasteiger partial charge is 0.299 e. The third-order valence-corrected chi connectivity index (χ3v) is 2.61. The molecule has 18 heavy (non-hydrogen) atoms.